The molecular weight excluding hydrogens is 498 g/mol. The van der Waals surface area contributed by atoms with Crippen LogP contribution < -0.4 is 14.4 Å². The van der Waals surface area contributed by atoms with E-state index in [1.807, 2.05) is 0 Å². The largest absolute Gasteiger partial charge is 0.497 e. The van der Waals surface area contributed by atoms with Crippen molar-refractivity contribution in [1.29, 1.82) is 0 Å². The lowest BCUT2D eigenvalue weighted by Crippen LogP contribution is -2.51. The first kappa shape index (κ1) is 25.7. The van der Waals surface area contributed by atoms with Crippen molar-refractivity contribution in [3.05, 3.63) is 58.6 Å². The Bertz CT molecular complexity index is 1030. The molecule has 0 fully saturated rings. The summed E-state index contributed by atoms with van der Waals surface area (Å²) in [7, 11) is -2.18. The topological polar surface area (TPSA) is 96.0 Å². The highest BCUT2D eigenvalue weighted by atomic mass is 79.9. The second-order valence-electron chi connectivity index (χ2n) is 7.19. The summed E-state index contributed by atoms with van der Waals surface area (Å²) in [4.78, 5) is 27.2. The van der Waals surface area contributed by atoms with Crippen LogP contribution in [-0.4, -0.2) is 57.6 Å². The molecule has 0 aliphatic rings. The van der Waals surface area contributed by atoms with Crippen molar-refractivity contribution in [2.45, 2.75) is 26.4 Å². The van der Waals surface area contributed by atoms with E-state index in [2.05, 4.69) is 21.2 Å². The Hall–Kier alpha value is -2.59. The minimum Gasteiger partial charge on any atom is -0.497 e. The smallest absolute Gasteiger partial charge is 0.244 e. The van der Waals surface area contributed by atoms with Crippen LogP contribution in [0.4, 0.5) is 5.69 Å². The lowest BCUT2D eigenvalue weighted by Gasteiger charge is -2.31. The van der Waals surface area contributed by atoms with E-state index in [-0.39, 0.29) is 12.5 Å². The number of hydrogen-bond donors (Lipinski definition) is 1. The van der Waals surface area contributed by atoms with Gasteiger partial charge in [-0.05, 0) is 55.8 Å². The van der Waals surface area contributed by atoms with Gasteiger partial charge in [0.25, 0.3) is 0 Å². The van der Waals surface area contributed by atoms with E-state index in [4.69, 9.17) is 4.74 Å². The standard InChI is InChI=1S/C22H28BrN3O5S/c1-5-24-22(28)16(2)25(14-17-6-12-20(31-3)13-7-17)21(27)15-26(32(4,29)30)19-10-8-18(23)9-11-19/h6-13,16H,5,14-15H2,1-4H3,(H,24,28)/t16-/m0/s1. The summed E-state index contributed by atoms with van der Waals surface area (Å²) in [5.41, 5.74) is 1.14. The highest BCUT2D eigenvalue weighted by Crippen LogP contribution is 2.22. The maximum absolute atomic E-state index is 13.3. The van der Waals surface area contributed by atoms with Gasteiger partial charge in [0.2, 0.25) is 21.8 Å². The molecule has 0 radical (unpaired) electrons. The molecule has 2 aromatic rings. The van der Waals surface area contributed by atoms with E-state index in [1.165, 1.54) is 4.90 Å². The van der Waals surface area contributed by atoms with Gasteiger partial charge in [-0.15, -0.1) is 0 Å². The van der Waals surface area contributed by atoms with Crippen molar-refractivity contribution in [3.63, 3.8) is 0 Å². The van der Waals surface area contributed by atoms with Gasteiger partial charge >= 0.3 is 0 Å². The minimum atomic E-state index is -3.74. The van der Waals surface area contributed by atoms with Crippen molar-refractivity contribution in [3.8, 4) is 5.75 Å². The monoisotopic (exact) mass is 525 g/mol. The highest BCUT2D eigenvalue weighted by Gasteiger charge is 2.29. The van der Waals surface area contributed by atoms with E-state index in [1.54, 1.807) is 69.5 Å². The summed E-state index contributed by atoms with van der Waals surface area (Å²) in [6.45, 7) is 3.54. The Morgan fingerprint density at radius 3 is 2.19 bits per heavy atom. The third-order valence-electron chi connectivity index (χ3n) is 4.82. The Morgan fingerprint density at radius 2 is 1.69 bits per heavy atom. The predicted molar refractivity (Wildman–Crippen MR) is 128 cm³/mol. The van der Waals surface area contributed by atoms with E-state index in [9.17, 15) is 18.0 Å². The zero-order valence-corrected chi connectivity index (χ0v) is 20.9. The first-order chi connectivity index (χ1) is 15.1. The molecule has 2 amide bonds. The predicted octanol–water partition coefficient (Wildman–Crippen LogP) is 2.78. The summed E-state index contributed by atoms with van der Waals surface area (Å²) in [5.74, 6) is -0.140. The van der Waals surface area contributed by atoms with Gasteiger partial charge in [0.15, 0.2) is 0 Å². The number of ether oxygens (including phenoxy) is 1. The summed E-state index contributed by atoms with van der Waals surface area (Å²) in [5, 5.41) is 2.72. The second kappa shape index (κ2) is 11.3. The third kappa shape index (κ3) is 6.96. The summed E-state index contributed by atoms with van der Waals surface area (Å²) in [6, 6.07) is 12.9. The fourth-order valence-corrected chi connectivity index (χ4v) is 4.17. The van der Waals surface area contributed by atoms with Gasteiger partial charge in [-0.25, -0.2) is 8.42 Å². The number of nitrogens with zero attached hydrogens (tertiary/aromatic N) is 2. The molecule has 32 heavy (non-hydrogen) atoms. The molecule has 10 heteroatoms. The van der Waals surface area contributed by atoms with Crippen molar-refractivity contribution < 1.29 is 22.7 Å². The van der Waals surface area contributed by atoms with Crippen LogP contribution in [0, 0.1) is 0 Å². The molecule has 2 rings (SSSR count). The Kier molecular flexibility index (Phi) is 9.09. The van der Waals surface area contributed by atoms with Crippen LogP contribution in [0.1, 0.15) is 19.4 Å². The van der Waals surface area contributed by atoms with Crippen LogP contribution in [0.5, 0.6) is 5.75 Å². The summed E-state index contributed by atoms with van der Waals surface area (Å²) < 4.78 is 31.9. The van der Waals surface area contributed by atoms with Crippen molar-refractivity contribution in [1.82, 2.24) is 10.2 Å². The maximum Gasteiger partial charge on any atom is 0.244 e. The maximum atomic E-state index is 13.3. The molecule has 174 valence electrons. The second-order valence-corrected chi connectivity index (χ2v) is 10.0. The van der Waals surface area contributed by atoms with Crippen LogP contribution in [0.3, 0.4) is 0 Å². The molecular formula is C22H28BrN3O5S. The summed E-state index contributed by atoms with van der Waals surface area (Å²) >= 11 is 3.32. The zero-order chi connectivity index (χ0) is 23.9. The van der Waals surface area contributed by atoms with Crippen LogP contribution in [0.15, 0.2) is 53.0 Å². The number of carbonyl (C=O) groups excluding carboxylic acids is 2. The average Bonchev–Trinajstić information content (AvgIpc) is 2.75. The Balaban J connectivity index is 2.35. The quantitative estimate of drug-likeness (QED) is 0.514. The first-order valence-electron chi connectivity index (χ1n) is 10.00. The number of halogens is 1. The number of rotatable bonds is 10. The van der Waals surface area contributed by atoms with Gasteiger partial charge in [0.05, 0.1) is 19.1 Å². The number of methoxy groups -OCH3 is 1. The van der Waals surface area contributed by atoms with E-state index in [0.29, 0.717) is 18.0 Å². The van der Waals surface area contributed by atoms with Gasteiger partial charge in [0, 0.05) is 17.6 Å². The fraction of sp³-hybridized carbons (Fsp3) is 0.364. The number of anilines is 1. The van der Waals surface area contributed by atoms with Gasteiger partial charge in [-0.2, -0.15) is 0 Å². The summed E-state index contributed by atoms with van der Waals surface area (Å²) in [6.07, 6.45) is 1.04. The van der Waals surface area contributed by atoms with Crippen LogP contribution in [-0.2, 0) is 26.2 Å². The van der Waals surface area contributed by atoms with Gasteiger partial charge < -0.3 is 15.0 Å². The third-order valence-corrected chi connectivity index (χ3v) is 6.49. The van der Waals surface area contributed by atoms with Crippen molar-refractivity contribution in [2.75, 3.05) is 30.8 Å². The number of hydrogen-bond acceptors (Lipinski definition) is 5. The van der Waals surface area contributed by atoms with Crippen LogP contribution in [0.2, 0.25) is 0 Å². The number of carbonyl (C=O) groups is 2. The molecule has 1 atom stereocenters. The molecule has 0 aliphatic heterocycles. The highest BCUT2D eigenvalue weighted by molar-refractivity contribution is 9.10. The average molecular weight is 526 g/mol. The molecule has 0 aliphatic carbocycles. The number of amides is 2. The van der Waals surface area contributed by atoms with Gasteiger partial charge in [0.1, 0.15) is 18.3 Å². The van der Waals surface area contributed by atoms with Gasteiger partial charge in [-0.3, -0.25) is 13.9 Å². The molecule has 2 aromatic carbocycles. The minimum absolute atomic E-state index is 0.138. The molecule has 0 saturated heterocycles. The van der Waals surface area contributed by atoms with Crippen molar-refractivity contribution >= 4 is 43.5 Å². The molecule has 0 unspecified atom stereocenters. The van der Waals surface area contributed by atoms with E-state index < -0.39 is 28.5 Å². The molecule has 0 saturated carbocycles. The normalized spacial score (nSPS) is 12.0. The SMILES string of the molecule is CCNC(=O)[C@H](C)N(Cc1ccc(OC)cc1)C(=O)CN(c1ccc(Br)cc1)S(C)(=O)=O. The van der Waals surface area contributed by atoms with E-state index >= 15 is 0 Å². The molecule has 8 nitrogen and oxygen atoms in total. The lowest BCUT2D eigenvalue weighted by molar-refractivity contribution is -0.139. The molecule has 0 bridgehead atoms. The Morgan fingerprint density at radius 1 is 1.09 bits per heavy atom. The van der Waals surface area contributed by atoms with Gasteiger partial charge in [-0.1, -0.05) is 28.1 Å². The molecule has 0 spiro atoms. The molecule has 0 aromatic heterocycles. The Labute approximate surface area is 197 Å². The van der Waals surface area contributed by atoms with Crippen molar-refractivity contribution in [2.24, 2.45) is 0 Å². The van der Waals surface area contributed by atoms with Crippen LogP contribution in [0.25, 0.3) is 0 Å². The first-order valence-corrected chi connectivity index (χ1v) is 12.6. The number of sulfonamides is 1. The molecule has 1 N–H and O–H groups in total. The lowest BCUT2D eigenvalue weighted by atomic mass is 10.1. The van der Waals surface area contributed by atoms with Crippen LogP contribution >= 0.6 is 15.9 Å². The fourth-order valence-electron chi connectivity index (χ4n) is 3.05. The molecule has 0 heterocycles. The number of nitrogens with one attached hydrogen (secondary N) is 1. The zero-order valence-electron chi connectivity index (χ0n) is 18.5. The van der Waals surface area contributed by atoms with E-state index in [0.717, 1.165) is 20.6 Å². The number of likely N-dealkylation sites (N-methyl/N-ethyl adjacent to an activating group) is 1. The number of benzene rings is 2.